The Morgan fingerprint density at radius 3 is 0.859 bits per heavy atom. The molecule has 0 aromatic heterocycles. The number of carbonyl (C=O) groups is 3. The van der Waals surface area contributed by atoms with Gasteiger partial charge in [-0.05, 0) is 96.3 Å². The summed E-state index contributed by atoms with van der Waals surface area (Å²) < 4.78 is 16.9. The van der Waals surface area contributed by atoms with Crippen LogP contribution in [-0.2, 0) is 28.6 Å². The quantitative estimate of drug-likeness (QED) is 0.0261. The van der Waals surface area contributed by atoms with Gasteiger partial charge < -0.3 is 14.2 Å². The van der Waals surface area contributed by atoms with Crippen molar-refractivity contribution in [2.45, 2.75) is 284 Å². The Kier molecular flexibility index (Phi) is 55.9. The van der Waals surface area contributed by atoms with Crippen LogP contribution in [0.4, 0.5) is 0 Å². The number of rotatable bonds is 53. The van der Waals surface area contributed by atoms with Gasteiger partial charge in [-0.25, -0.2) is 0 Å². The van der Waals surface area contributed by atoms with Gasteiger partial charge in [-0.1, -0.05) is 259 Å². The summed E-state index contributed by atoms with van der Waals surface area (Å²) in [5, 5.41) is 0. The highest BCUT2D eigenvalue weighted by Gasteiger charge is 2.19. The second kappa shape index (κ2) is 58.9. The third-order valence-electron chi connectivity index (χ3n) is 12.6. The highest BCUT2D eigenvalue weighted by Crippen LogP contribution is 2.16. The zero-order chi connectivity index (χ0) is 51.4. The highest BCUT2D eigenvalue weighted by atomic mass is 16.6. The van der Waals surface area contributed by atoms with E-state index in [1.54, 1.807) is 0 Å². The van der Waals surface area contributed by atoms with E-state index in [0.717, 1.165) is 122 Å². The molecule has 0 rings (SSSR count). The van der Waals surface area contributed by atoms with Gasteiger partial charge in [-0.15, -0.1) is 0 Å². The SMILES string of the molecule is CC/C=C\C/C=C\C/C=C\C/C=C\CCCCCCCCCCCCC(=O)OCC(COC(=O)CCCCCCCCCCCCC)OC(=O)CCCCCCCC/C=C\C/C=C\C/C=C\C/C=C\CC. The summed E-state index contributed by atoms with van der Waals surface area (Å²) in [5.41, 5.74) is 0. The van der Waals surface area contributed by atoms with Crippen molar-refractivity contribution in [3.05, 3.63) is 97.2 Å². The summed E-state index contributed by atoms with van der Waals surface area (Å²) in [6, 6.07) is 0. The average molecular weight is 988 g/mol. The standard InChI is InChI=1S/C65H110O6/c1-4-7-10-13-16-19-22-24-26-28-30-31-32-33-35-36-38-40-43-46-49-52-55-58-64(67)70-61-62(60-69-63(66)57-54-51-48-45-42-21-18-15-12-9-6-3)71-65(68)59-56-53-50-47-44-41-39-37-34-29-27-25-23-20-17-14-11-8-5-2/h7-8,10-11,16-17,19-20,24-27,30-31,34,37,62H,4-6,9,12-15,18,21-23,28-29,32-33,35-36,38-61H2,1-3H3/b10-7-,11-8-,19-16-,20-17-,26-24-,27-25-,31-30-,37-34-. The van der Waals surface area contributed by atoms with Crippen molar-refractivity contribution in [2.24, 2.45) is 0 Å². The molecule has 6 heteroatoms. The number of esters is 3. The fourth-order valence-electron chi connectivity index (χ4n) is 8.19. The molecule has 1 atom stereocenters. The van der Waals surface area contributed by atoms with Crippen LogP contribution in [0.5, 0.6) is 0 Å². The number of hydrogen-bond donors (Lipinski definition) is 0. The Morgan fingerprint density at radius 1 is 0.296 bits per heavy atom. The minimum atomic E-state index is -0.786. The van der Waals surface area contributed by atoms with Gasteiger partial charge in [0.2, 0.25) is 0 Å². The highest BCUT2D eigenvalue weighted by molar-refractivity contribution is 5.71. The lowest BCUT2D eigenvalue weighted by Gasteiger charge is -2.18. The van der Waals surface area contributed by atoms with Crippen LogP contribution in [0.2, 0.25) is 0 Å². The predicted molar refractivity (Wildman–Crippen MR) is 307 cm³/mol. The molecule has 0 saturated carbocycles. The number of unbranched alkanes of at least 4 members (excludes halogenated alkanes) is 26. The van der Waals surface area contributed by atoms with Gasteiger partial charge >= 0.3 is 17.9 Å². The molecule has 71 heavy (non-hydrogen) atoms. The molecule has 6 nitrogen and oxygen atoms in total. The largest absolute Gasteiger partial charge is 0.462 e. The Morgan fingerprint density at radius 2 is 0.549 bits per heavy atom. The second-order valence-corrected chi connectivity index (χ2v) is 19.5. The van der Waals surface area contributed by atoms with Gasteiger partial charge in [0, 0.05) is 19.3 Å². The van der Waals surface area contributed by atoms with Crippen LogP contribution < -0.4 is 0 Å². The monoisotopic (exact) mass is 987 g/mol. The molecule has 0 saturated heterocycles. The van der Waals surface area contributed by atoms with Crippen LogP contribution >= 0.6 is 0 Å². The molecule has 0 aromatic carbocycles. The molecular formula is C65H110O6. The Labute approximate surface area is 438 Å². The summed E-state index contributed by atoms with van der Waals surface area (Å²) in [6.07, 6.45) is 78.3. The van der Waals surface area contributed by atoms with Crippen molar-refractivity contribution < 1.29 is 28.6 Å². The topological polar surface area (TPSA) is 78.9 Å². The van der Waals surface area contributed by atoms with Crippen molar-refractivity contribution >= 4 is 17.9 Å². The molecule has 0 fully saturated rings. The van der Waals surface area contributed by atoms with Gasteiger partial charge in [0.25, 0.3) is 0 Å². The first-order valence-corrected chi connectivity index (χ1v) is 29.7. The van der Waals surface area contributed by atoms with Crippen LogP contribution in [0.15, 0.2) is 97.2 Å². The van der Waals surface area contributed by atoms with Crippen LogP contribution in [0.25, 0.3) is 0 Å². The van der Waals surface area contributed by atoms with Gasteiger partial charge in [0.15, 0.2) is 6.10 Å². The van der Waals surface area contributed by atoms with Gasteiger partial charge in [-0.2, -0.15) is 0 Å². The first-order chi connectivity index (χ1) is 35.0. The van der Waals surface area contributed by atoms with E-state index in [1.165, 1.54) is 116 Å². The number of carbonyl (C=O) groups excluding carboxylic acids is 3. The van der Waals surface area contributed by atoms with Crippen molar-refractivity contribution in [3.8, 4) is 0 Å². The van der Waals surface area contributed by atoms with Crippen molar-refractivity contribution in [3.63, 3.8) is 0 Å². The maximum Gasteiger partial charge on any atom is 0.306 e. The van der Waals surface area contributed by atoms with Crippen molar-refractivity contribution in [2.75, 3.05) is 13.2 Å². The summed E-state index contributed by atoms with van der Waals surface area (Å²) >= 11 is 0. The van der Waals surface area contributed by atoms with Gasteiger partial charge in [0.05, 0.1) is 0 Å². The lowest BCUT2D eigenvalue weighted by Crippen LogP contribution is -2.30. The van der Waals surface area contributed by atoms with E-state index in [-0.39, 0.29) is 31.1 Å². The van der Waals surface area contributed by atoms with E-state index in [1.807, 2.05) is 0 Å². The smallest absolute Gasteiger partial charge is 0.306 e. The summed E-state index contributed by atoms with van der Waals surface area (Å²) in [4.78, 5) is 38.2. The summed E-state index contributed by atoms with van der Waals surface area (Å²) in [6.45, 7) is 6.41. The van der Waals surface area contributed by atoms with E-state index in [9.17, 15) is 14.4 Å². The lowest BCUT2D eigenvalue weighted by molar-refractivity contribution is -0.167. The molecule has 0 heterocycles. The van der Waals surface area contributed by atoms with E-state index >= 15 is 0 Å². The molecule has 0 aliphatic rings. The molecule has 0 amide bonds. The Bertz CT molecular complexity index is 1410. The van der Waals surface area contributed by atoms with E-state index in [4.69, 9.17) is 14.2 Å². The summed E-state index contributed by atoms with van der Waals surface area (Å²) in [7, 11) is 0. The second-order valence-electron chi connectivity index (χ2n) is 19.5. The lowest BCUT2D eigenvalue weighted by atomic mass is 10.1. The van der Waals surface area contributed by atoms with Crippen LogP contribution in [-0.4, -0.2) is 37.2 Å². The maximum atomic E-state index is 12.9. The molecule has 0 aliphatic carbocycles. The van der Waals surface area contributed by atoms with Crippen molar-refractivity contribution in [1.82, 2.24) is 0 Å². The number of ether oxygens (including phenoxy) is 3. The normalized spacial score (nSPS) is 12.8. The maximum absolute atomic E-state index is 12.9. The minimum Gasteiger partial charge on any atom is -0.462 e. The van der Waals surface area contributed by atoms with Gasteiger partial charge in [0.1, 0.15) is 13.2 Å². The van der Waals surface area contributed by atoms with Crippen molar-refractivity contribution in [1.29, 1.82) is 0 Å². The predicted octanol–water partition coefficient (Wildman–Crippen LogP) is 20.1. The molecule has 0 N–H and O–H groups in total. The first-order valence-electron chi connectivity index (χ1n) is 29.7. The molecule has 0 aromatic rings. The van der Waals surface area contributed by atoms with E-state index in [0.29, 0.717) is 19.3 Å². The molecular weight excluding hydrogens is 877 g/mol. The summed E-state index contributed by atoms with van der Waals surface area (Å²) in [5.74, 6) is -0.896. The zero-order valence-corrected chi connectivity index (χ0v) is 46.5. The molecule has 406 valence electrons. The van der Waals surface area contributed by atoms with Crippen LogP contribution in [0.3, 0.4) is 0 Å². The molecule has 0 spiro atoms. The minimum absolute atomic E-state index is 0.0829. The molecule has 0 radical (unpaired) electrons. The van der Waals surface area contributed by atoms with E-state index in [2.05, 4.69) is 118 Å². The average Bonchev–Trinajstić information content (AvgIpc) is 3.37. The van der Waals surface area contributed by atoms with Crippen LogP contribution in [0.1, 0.15) is 278 Å². The number of allylic oxidation sites excluding steroid dienone is 16. The Hall–Kier alpha value is -3.67. The zero-order valence-electron chi connectivity index (χ0n) is 46.5. The molecule has 0 aliphatic heterocycles. The third kappa shape index (κ3) is 57.1. The first kappa shape index (κ1) is 67.3. The van der Waals surface area contributed by atoms with Gasteiger partial charge in [-0.3, -0.25) is 14.4 Å². The Balaban J connectivity index is 4.34. The fraction of sp³-hybridized carbons (Fsp3) is 0.708. The van der Waals surface area contributed by atoms with E-state index < -0.39 is 6.10 Å². The van der Waals surface area contributed by atoms with Crippen LogP contribution in [0, 0.1) is 0 Å². The fourth-order valence-corrected chi connectivity index (χ4v) is 8.19. The molecule has 0 bridgehead atoms. The number of hydrogen-bond acceptors (Lipinski definition) is 6. The third-order valence-corrected chi connectivity index (χ3v) is 12.6. The molecule has 1 unspecified atom stereocenters.